The number of primary amides is 1. The number of fused-ring (bicyclic) bond motifs is 1. The van der Waals surface area contributed by atoms with E-state index < -0.39 is 4.92 Å². The Morgan fingerprint density at radius 2 is 2.02 bits per heavy atom. The normalized spacial score (nSPS) is 14.7. The molecule has 13 nitrogen and oxygen atoms in total. The second-order valence-electron chi connectivity index (χ2n) is 9.49. The van der Waals surface area contributed by atoms with Gasteiger partial charge in [0, 0.05) is 62.5 Å². The van der Waals surface area contributed by atoms with Crippen molar-refractivity contribution in [3.8, 4) is 17.0 Å². The summed E-state index contributed by atoms with van der Waals surface area (Å²) in [5.74, 6) is -0.0372. The van der Waals surface area contributed by atoms with Crippen molar-refractivity contribution in [3.05, 3.63) is 64.1 Å². The molecule has 3 N–H and O–H groups in total. The summed E-state index contributed by atoms with van der Waals surface area (Å²) in [5, 5.41) is 19.9. The highest BCUT2D eigenvalue weighted by Crippen LogP contribution is 2.40. The minimum absolute atomic E-state index is 0.0842. The number of nitro benzene ring substituents is 1. The topological polar surface area (TPSA) is 157 Å². The molecule has 1 fully saturated rings. The van der Waals surface area contributed by atoms with Crippen molar-refractivity contribution in [1.29, 1.82) is 0 Å². The SMILES string of the molecule is COc1cc(N2CCN(CC(C)C(N)=O)CC2)c([N+](=O)[O-])cc1Nc1ncc(Cl)c(-c2cnn3ccccc23)n1. The summed E-state index contributed by atoms with van der Waals surface area (Å²) in [7, 11) is 1.49. The number of methoxy groups -OCH3 is 1. The molecule has 3 aromatic heterocycles. The number of hydrogen-bond donors (Lipinski definition) is 2. The van der Waals surface area contributed by atoms with E-state index in [2.05, 4.69) is 25.3 Å². The molecule has 4 heterocycles. The lowest BCUT2D eigenvalue weighted by molar-refractivity contribution is -0.384. The summed E-state index contributed by atoms with van der Waals surface area (Å²) in [6.45, 7) is 4.72. The molecule has 4 aromatic rings. The number of nitro groups is 1. The Hall–Kier alpha value is -4.49. The molecule has 0 aliphatic carbocycles. The Bertz CT molecular complexity index is 1570. The summed E-state index contributed by atoms with van der Waals surface area (Å²) in [4.78, 5) is 36.1. The molecule has 208 valence electrons. The van der Waals surface area contributed by atoms with Gasteiger partial charge in [-0.3, -0.25) is 19.8 Å². The number of anilines is 3. The van der Waals surface area contributed by atoms with Gasteiger partial charge in [-0.05, 0) is 12.1 Å². The van der Waals surface area contributed by atoms with Gasteiger partial charge in [0.25, 0.3) is 5.69 Å². The fourth-order valence-corrected chi connectivity index (χ4v) is 4.92. The minimum atomic E-state index is -0.422. The van der Waals surface area contributed by atoms with Crippen LogP contribution < -0.4 is 20.7 Å². The first-order chi connectivity index (χ1) is 19.2. The minimum Gasteiger partial charge on any atom is -0.494 e. The van der Waals surface area contributed by atoms with E-state index in [1.54, 1.807) is 23.7 Å². The maximum absolute atomic E-state index is 12.1. The number of halogens is 1. The number of rotatable bonds is 9. The van der Waals surface area contributed by atoms with Crippen LogP contribution in [0.2, 0.25) is 5.02 Å². The van der Waals surface area contributed by atoms with Crippen molar-refractivity contribution < 1.29 is 14.5 Å². The van der Waals surface area contributed by atoms with Crippen LogP contribution in [0.15, 0.2) is 48.9 Å². The van der Waals surface area contributed by atoms with Gasteiger partial charge in [-0.1, -0.05) is 24.6 Å². The lowest BCUT2D eigenvalue weighted by atomic mass is 10.1. The van der Waals surface area contributed by atoms with E-state index in [1.165, 1.54) is 19.4 Å². The first-order valence-corrected chi connectivity index (χ1v) is 13.0. The quantitative estimate of drug-likeness (QED) is 0.228. The molecule has 0 spiro atoms. The Labute approximate surface area is 234 Å². The summed E-state index contributed by atoms with van der Waals surface area (Å²) >= 11 is 6.44. The van der Waals surface area contributed by atoms with E-state index in [0.717, 1.165) is 5.52 Å². The van der Waals surface area contributed by atoms with Crippen LogP contribution in [0.4, 0.5) is 23.0 Å². The van der Waals surface area contributed by atoms with Crippen molar-refractivity contribution in [2.24, 2.45) is 11.7 Å². The molecular weight excluding hydrogens is 538 g/mol. The van der Waals surface area contributed by atoms with Crippen molar-refractivity contribution in [3.63, 3.8) is 0 Å². The maximum atomic E-state index is 12.1. The highest BCUT2D eigenvalue weighted by atomic mass is 35.5. The summed E-state index contributed by atoms with van der Waals surface area (Å²) < 4.78 is 7.31. The smallest absolute Gasteiger partial charge is 0.294 e. The van der Waals surface area contributed by atoms with E-state index in [1.807, 2.05) is 29.3 Å². The average Bonchev–Trinajstić information content (AvgIpc) is 3.38. The zero-order chi connectivity index (χ0) is 28.4. The van der Waals surface area contributed by atoms with Crippen LogP contribution in [0.5, 0.6) is 5.75 Å². The van der Waals surface area contributed by atoms with Crippen LogP contribution in [0, 0.1) is 16.0 Å². The molecule has 1 aliphatic rings. The van der Waals surface area contributed by atoms with Crippen LogP contribution in [-0.2, 0) is 4.79 Å². The number of hydrogen-bond acceptors (Lipinski definition) is 10. The second-order valence-corrected chi connectivity index (χ2v) is 9.90. The van der Waals surface area contributed by atoms with Crippen LogP contribution in [-0.4, -0.2) is 75.1 Å². The third kappa shape index (κ3) is 5.46. The number of nitrogens with two attached hydrogens (primary N) is 1. The standard InChI is InChI=1S/C26H28ClN9O4/c1-16(25(28)37)15-33-7-9-34(10-8-33)21-12-23(40-2)19(11-22(21)36(38)39)31-26-29-14-18(27)24(32-26)17-13-30-35-6-4-3-5-20(17)35/h3-6,11-14,16H,7-10,15H2,1-2H3,(H2,28,37)(H,29,31,32). The van der Waals surface area contributed by atoms with E-state index in [9.17, 15) is 14.9 Å². The zero-order valence-electron chi connectivity index (χ0n) is 22.0. The Balaban J connectivity index is 1.42. The summed E-state index contributed by atoms with van der Waals surface area (Å²) in [5.41, 5.74) is 8.09. The molecule has 5 rings (SSSR count). The predicted octanol–water partition coefficient (Wildman–Crippen LogP) is 3.35. The number of amides is 1. The first kappa shape index (κ1) is 27.1. The molecule has 40 heavy (non-hydrogen) atoms. The van der Waals surface area contributed by atoms with Gasteiger partial charge in [0.05, 0.1) is 46.3 Å². The monoisotopic (exact) mass is 565 g/mol. The van der Waals surface area contributed by atoms with Crippen molar-refractivity contribution in [1.82, 2.24) is 24.5 Å². The fourth-order valence-electron chi connectivity index (χ4n) is 4.73. The van der Waals surface area contributed by atoms with E-state index >= 15 is 0 Å². The summed E-state index contributed by atoms with van der Waals surface area (Å²) in [6, 6.07) is 8.72. The highest BCUT2D eigenvalue weighted by Gasteiger charge is 2.28. The van der Waals surface area contributed by atoms with Crippen LogP contribution in [0.1, 0.15) is 6.92 Å². The largest absolute Gasteiger partial charge is 0.494 e. The lowest BCUT2D eigenvalue weighted by Crippen LogP contribution is -2.48. The molecule has 0 saturated carbocycles. The highest BCUT2D eigenvalue weighted by molar-refractivity contribution is 6.33. The molecule has 0 radical (unpaired) electrons. The van der Waals surface area contributed by atoms with Crippen LogP contribution in [0.25, 0.3) is 16.8 Å². The van der Waals surface area contributed by atoms with Gasteiger partial charge >= 0.3 is 0 Å². The molecule has 14 heteroatoms. The molecule has 1 aliphatic heterocycles. The van der Waals surface area contributed by atoms with Gasteiger partial charge in [-0.25, -0.2) is 14.5 Å². The first-order valence-electron chi connectivity index (χ1n) is 12.6. The average molecular weight is 566 g/mol. The van der Waals surface area contributed by atoms with Crippen molar-refractivity contribution in [2.45, 2.75) is 6.92 Å². The lowest BCUT2D eigenvalue weighted by Gasteiger charge is -2.36. The van der Waals surface area contributed by atoms with Crippen molar-refractivity contribution >= 4 is 46.0 Å². The van der Waals surface area contributed by atoms with Gasteiger partial charge in [0.15, 0.2) is 0 Å². The Kier molecular flexibility index (Phi) is 7.67. The van der Waals surface area contributed by atoms with Crippen molar-refractivity contribution in [2.75, 3.05) is 50.1 Å². The van der Waals surface area contributed by atoms with Gasteiger partial charge in [0.1, 0.15) is 11.4 Å². The predicted molar refractivity (Wildman–Crippen MR) is 151 cm³/mol. The third-order valence-corrected chi connectivity index (χ3v) is 7.17. The number of benzene rings is 1. The number of carbonyl (C=O) groups is 1. The third-order valence-electron chi connectivity index (χ3n) is 6.90. The molecular formula is C26H28ClN9O4. The van der Waals surface area contributed by atoms with Gasteiger partial charge < -0.3 is 20.7 Å². The van der Waals surface area contributed by atoms with E-state index in [0.29, 0.717) is 66.1 Å². The van der Waals surface area contributed by atoms with Crippen LogP contribution >= 0.6 is 11.6 Å². The molecule has 1 atom stereocenters. The molecule has 1 amide bonds. The molecule has 1 aromatic carbocycles. The van der Waals surface area contributed by atoms with E-state index in [4.69, 9.17) is 22.1 Å². The second kappa shape index (κ2) is 11.3. The number of carbonyl (C=O) groups excluding carboxylic acids is 1. The number of aromatic nitrogens is 4. The zero-order valence-corrected chi connectivity index (χ0v) is 22.7. The number of pyridine rings is 1. The number of nitrogens with zero attached hydrogens (tertiary/aromatic N) is 7. The van der Waals surface area contributed by atoms with Crippen LogP contribution in [0.3, 0.4) is 0 Å². The summed E-state index contributed by atoms with van der Waals surface area (Å²) in [6.07, 6.45) is 4.95. The fraction of sp³-hybridized carbons (Fsp3) is 0.308. The number of piperazine rings is 1. The molecule has 1 unspecified atom stereocenters. The molecule has 1 saturated heterocycles. The van der Waals surface area contributed by atoms with Gasteiger partial charge in [0.2, 0.25) is 11.9 Å². The molecule has 0 bridgehead atoms. The van der Waals surface area contributed by atoms with Gasteiger partial charge in [-0.2, -0.15) is 5.10 Å². The van der Waals surface area contributed by atoms with E-state index in [-0.39, 0.29) is 23.5 Å². The van der Waals surface area contributed by atoms with Gasteiger partial charge in [-0.15, -0.1) is 0 Å². The number of nitrogens with one attached hydrogen (secondary N) is 1. The maximum Gasteiger partial charge on any atom is 0.294 e. The Morgan fingerprint density at radius 1 is 1.25 bits per heavy atom. The number of ether oxygens (including phenoxy) is 1. The Morgan fingerprint density at radius 3 is 2.73 bits per heavy atom.